The van der Waals surface area contributed by atoms with Crippen molar-refractivity contribution in [3.63, 3.8) is 0 Å². The van der Waals surface area contributed by atoms with Gasteiger partial charge in [-0.1, -0.05) is 0 Å². The molecule has 0 N–H and O–H groups in total. The van der Waals surface area contributed by atoms with Crippen molar-refractivity contribution in [3.05, 3.63) is 17.5 Å². The molecule has 0 saturated carbocycles. The minimum absolute atomic E-state index is 0.0544. The highest BCUT2D eigenvalue weighted by atomic mass is 16.5. The summed E-state index contributed by atoms with van der Waals surface area (Å²) in [6, 6.07) is 0.109. The fraction of sp³-hybridized carbons (Fsp3) is 0.667. The molecule has 1 aromatic rings. The first-order valence-corrected chi connectivity index (χ1v) is 7.18. The highest BCUT2D eigenvalue weighted by Crippen LogP contribution is 2.13. The zero-order valence-electron chi connectivity index (χ0n) is 13.9. The maximum absolute atomic E-state index is 12.4. The van der Waals surface area contributed by atoms with Gasteiger partial charge in [0.1, 0.15) is 5.56 Å². The van der Waals surface area contributed by atoms with Crippen LogP contribution in [0, 0.1) is 6.92 Å². The lowest BCUT2D eigenvalue weighted by molar-refractivity contribution is -0.143. The maximum atomic E-state index is 12.4. The van der Waals surface area contributed by atoms with Gasteiger partial charge in [0, 0.05) is 24.8 Å². The molecule has 0 aromatic carbocycles. The molecule has 0 bridgehead atoms. The third-order valence-corrected chi connectivity index (χ3v) is 3.45. The van der Waals surface area contributed by atoms with Crippen LogP contribution in [0.2, 0.25) is 0 Å². The summed E-state index contributed by atoms with van der Waals surface area (Å²) in [6.07, 6.45) is 0.638. The number of carbonyl (C=O) groups excluding carboxylic acids is 2. The molecule has 0 saturated heterocycles. The van der Waals surface area contributed by atoms with Gasteiger partial charge >= 0.3 is 5.97 Å². The summed E-state index contributed by atoms with van der Waals surface area (Å²) in [5.74, 6) is -0.705. The van der Waals surface area contributed by atoms with E-state index in [1.165, 1.54) is 6.20 Å². The average Bonchev–Trinajstić information content (AvgIpc) is 2.68. The minimum atomic E-state index is -0.818. The molecule has 118 valence electrons. The molecule has 0 aliphatic carbocycles. The summed E-state index contributed by atoms with van der Waals surface area (Å²) in [7, 11) is 1.75. The van der Waals surface area contributed by atoms with Gasteiger partial charge in [0.15, 0.2) is 6.10 Å². The molecule has 0 aliphatic rings. The molecule has 0 aliphatic heterocycles. The first-order valence-electron chi connectivity index (χ1n) is 7.18. The van der Waals surface area contributed by atoms with Crippen LogP contribution in [0.1, 0.15) is 50.7 Å². The molecule has 6 nitrogen and oxygen atoms in total. The van der Waals surface area contributed by atoms with E-state index in [1.807, 2.05) is 27.7 Å². The van der Waals surface area contributed by atoms with Gasteiger partial charge in [-0.15, -0.1) is 0 Å². The Morgan fingerprint density at radius 1 is 1.19 bits per heavy atom. The lowest BCUT2D eigenvalue weighted by Gasteiger charge is -2.32. The number of carbonyl (C=O) groups is 2. The number of nitrogens with zero attached hydrogens (tertiary/aromatic N) is 3. The van der Waals surface area contributed by atoms with E-state index in [1.54, 1.807) is 30.5 Å². The molecule has 21 heavy (non-hydrogen) atoms. The number of ether oxygens (including phenoxy) is 1. The van der Waals surface area contributed by atoms with E-state index < -0.39 is 12.1 Å². The van der Waals surface area contributed by atoms with E-state index in [0.717, 1.165) is 0 Å². The Labute approximate surface area is 126 Å². The van der Waals surface area contributed by atoms with Gasteiger partial charge in [0.2, 0.25) is 0 Å². The number of aryl methyl sites for hydroxylation is 1. The summed E-state index contributed by atoms with van der Waals surface area (Å²) in [5, 5.41) is 4.00. The molecule has 1 aromatic heterocycles. The molecule has 1 atom stereocenters. The van der Waals surface area contributed by atoms with E-state index in [2.05, 4.69) is 5.10 Å². The topological polar surface area (TPSA) is 64.4 Å². The summed E-state index contributed by atoms with van der Waals surface area (Å²) < 4.78 is 6.89. The standard InChI is InChI=1S/C15H25N3O3/c1-9(2)18(10(3)4)14(19)12(6)21-15(20)13-8-16-17(7)11(13)5/h8-10,12H,1-7H3. The Bertz CT molecular complexity index is 512. The number of esters is 1. The lowest BCUT2D eigenvalue weighted by atomic mass is 10.2. The molecule has 0 radical (unpaired) electrons. The molecule has 0 fully saturated rings. The molecule has 1 amide bonds. The SMILES string of the molecule is Cc1c(C(=O)OC(C)C(=O)N(C(C)C)C(C)C)cnn1C. The van der Waals surface area contributed by atoms with E-state index >= 15 is 0 Å². The predicted molar refractivity (Wildman–Crippen MR) is 79.9 cm³/mol. The molecule has 1 rings (SSSR count). The van der Waals surface area contributed by atoms with Crippen molar-refractivity contribution in [2.75, 3.05) is 0 Å². The predicted octanol–water partition coefficient (Wildman–Crippen LogP) is 1.92. The molecule has 6 heteroatoms. The summed E-state index contributed by atoms with van der Waals surface area (Å²) in [5.41, 5.74) is 1.10. The van der Waals surface area contributed by atoms with E-state index in [0.29, 0.717) is 11.3 Å². The van der Waals surface area contributed by atoms with E-state index in [9.17, 15) is 9.59 Å². The normalized spacial score (nSPS) is 12.6. The van der Waals surface area contributed by atoms with Crippen LogP contribution < -0.4 is 0 Å². The van der Waals surface area contributed by atoms with Crippen LogP contribution in [0.25, 0.3) is 0 Å². The van der Waals surface area contributed by atoms with Crippen LogP contribution in [0.15, 0.2) is 6.20 Å². The van der Waals surface area contributed by atoms with Crippen LogP contribution in [-0.4, -0.2) is 44.7 Å². The lowest BCUT2D eigenvalue weighted by Crippen LogP contribution is -2.47. The highest BCUT2D eigenvalue weighted by molar-refractivity contribution is 5.93. The average molecular weight is 295 g/mol. The monoisotopic (exact) mass is 295 g/mol. The van der Waals surface area contributed by atoms with Crippen molar-refractivity contribution in [2.24, 2.45) is 7.05 Å². The fourth-order valence-electron chi connectivity index (χ4n) is 2.29. The molecule has 1 unspecified atom stereocenters. The van der Waals surface area contributed by atoms with E-state index in [4.69, 9.17) is 4.74 Å². The first-order chi connectivity index (χ1) is 9.66. The van der Waals surface area contributed by atoms with Gasteiger partial charge in [-0.3, -0.25) is 9.48 Å². The van der Waals surface area contributed by atoms with Crippen LogP contribution in [0.4, 0.5) is 0 Å². The smallest absolute Gasteiger partial charge is 0.342 e. The second-order valence-electron chi connectivity index (χ2n) is 5.75. The van der Waals surface area contributed by atoms with Gasteiger partial charge in [0.25, 0.3) is 5.91 Å². The quantitative estimate of drug-likeness (QED) is 0.779. The number of amides is 1. The van der Waals surface area contributed by atoms with Crippen molar-refractivity contribution < 1.29 is 14.3 Å². The summed E-state index contributed by atoms with van der Waals surface area (Å²) in [4.78, 5) is 26.2. The number of hydrogen-bond acceptors (Lipinski definition) is 4. The molecule has 1 heterocycles. The maximum Gasteiger partial charge on any atom is 0.342 e. The summed E-state index contributed by atoms with van der Waals surface area (Å²) >= 11 is 0. The highest BCUT2D eigenvalue weighted by Gasteiger charge is 2.28. The first kappa shape index (κ1) is 17.2. The number of rotatable bonds is 5. The second-order valence-corrected chi connectivity index (χ2v) is 5.75. The molecule has 0 spiro atoms. The van der Waals surface area contributed by atoms with E-state index in [-0.39, 0.29) is 18.0 Å². The van der Waals surface area contributed by atoms with Gasteiger partial charge < -0.3 is 9.64 Å². The van der Waals surface area contributed by atoms with Crippen LogP contribution in [-0.2, 0) is 16.6 Å². The number of hydrogen-bond donors (Lipinski definition) is 0. The number of aromatic nitrogens is 2. The fourth-order valence-corrected chi connectivity index (χ4v) is 2.29. The Morgan fingerprint density at radius 2 is 1.71 bits per heavy atom. The van der Waals surface area contributed by atoms with Gasteiger partial charge in [-0.2, -0.15) is 5.10 Å². The van der Waals surface area contributed by atoms with Crippen molar-refractivity contribution in [1.29, 1.82) is 0 Å². The van der Waals surface area contributed by atoms with Crippen LogP contribution >= 0.6 is 0 Å². The van der Waals surface area contributed by atoms with Crippen molar-refractivity contribution in [2.45, 2.75) is 59.7 Å². The van der Waals surface area contributed by atoms with Crippen LogP contribution in [0.5, 0.6) is 0 Å². The van der Waals surface area contributed by atoms with Crippen molar-refractivity contribution >= 4 is 11.9 Å². The third-order valence-electron chi connectivity index (χ3n) is 3.45. The second kappa shape index (κ2) is 6.74. The van der Waals surface area contributed by atoms with Crippen molar-refractivity contribution in [1.82, 2.24) is 14.7 Å². The van der Waals surface area contributed by atoms with Gasteiger partial charge in [0.05, 0.1) is 6.20 Å². The zero-order valence-corrected chi connectivity index (χ0v) is 13.9. The molecular formula is C15H25N3O3. The van der Waals surface area contributed by atoms with Crippen molar-refractivity contribution in [3.8, 4) is 0 Å². The largest absolute Gasteiger partial charge is 0.449 e. The minimum Gasteiger partial charge on any atom is -0.449 e. The third kappa shape index (κ3) is 3.83. The summed E-state index contributed by atoms with van der Waals surface area (Å²) in [6.45, 7) is 11.2. The molecular weight excluding hydrogens is 270 g/mol. The Hall–Kier alpha value is -1.85. The Morgan fingerprint density at radius 3 is 2.10 bits per heavy atom. The van der Waals surface area contributed by atoms with Gasteiger partial charge in [-0.25, -0.2) is 4.79 Å². The Balaban J connectivity index is 2.80. The van der Waals surface area contributed by atoms with Gasteiger partial charge in [-0.05, 0) is 41.5 Å². The van der Waals surface area contributed by atoms with Crippen LogP contribution in [0.3, 0.4) is 0 Å². The zero-order chi connectivity index (χ0) is 16.3. The Kier molecular flexibility index (Phi) is 5.52.